The maximum absolute atomic E-state index is 12.6. The normalized spacial score (nSPS) is 27.1. The second kappa shape index (κ2) is 5.88. The number of nitrogens with zero attached hydrogens (tertiary/aromatic N) is 1. The van der Waals surface area contributed by atoms with Crippen molar-refractivity contribution in [1.82, 2.24) is 4.90 Å². The van der Waals surface area contributed by atoms with Gasteiger partial charge in [-0.3, -0.25) is 4.79 Å². The largest absolute Gasteiger partial charge is 0.393 e. The molecule has 2 fully saturated rings. The van der Waals surface area contributed by atoms with Crippen molar-refractivity contribution in [1.29, 1.82) is 0 Å². The molecule has 110 valence electrons. The van der Waals surface area contributed by atoms with Crippen molar-refractivity contribution >= 4 is 5.91 Å². The Bertz CT molecular complexity index is 602. The molecule has 1 aromatic rings. The zero-order valence-corrected chi connectivity index (χ0v) is 12.0. The highest BCUT2D eigenvalue weighted by molar-refractivity contribution is 5.94. The molecule has 4 heteroatoms. The van der Waals surface area contributed by atoms with Gasteiger partial charge in [-0.15, -0.1) is 0 Å². The Morgan fingerprint density at radius 2 is 2.24 bits per heavy atom. The summed E-state index contributed by atoms with van der Waals surface area (Å²) in [5.41, 5.74) is 6.84. The molecule has 3 N–H and O–H groups in total. The molecule has 0 spiro atoms. The number of hydrogen-bond acceptors (Lipinski definition) is 3. The van der Waals surface area contributed by atoms with Gasteiger partial charge in [0, 0.05) is 30.1 Å². The Morgan fingerprint density at radius 3 is 3.00 bits per heavy atom. The number of carbonyl (C=O) groups excluding carboxylic acids is 1. The fraction of sp³-hybridized carbons (Fsp3) is 0.471. The lowest BCUT2D eigenvalue weighted by Crippen LogP contribution is -2.31. The Kier molecular flexibility index (Phi) is 3.96. The highest BCUT2D eigenvalue weighted by Gasteiger charge is 2.43. The van der Waals surface area contributed by atoms with E-state index in [1.54, 1.807) is 0 Å². The second-order valence-corrected chi connectivity index (χ2v) is 5.87. The van der Waals surface area contributed by atoms with Gasteiger partial charge in [-0.25, -0.2) is 0 Å². The van der Waals surface area contributed by atoms with Crippen LogP contribution in [0.15, 0.2) is 24.3 Å². The summed E-state index contributed by atoms with van der Waals surface area (Å²) in [5, 5.41) is 9.94. The van der Waals surface area contributed by atoms with Crippen molar-refractivity contribution < 1.29 is 9.90 Å². The van der Waals surface area contributed by atoms with E-state index < -0.39 is 0 Å². The van der Waals surface area contributed by atoms with Gasteiger partial charge in [-0.05, 0) is 37.0 Å². The quantitative estimate of drug-likeness (QED) is 0.751. The molecule has 21 heavy (non-hydrogen) atoms. The smallest absolute Gasteiger partial charge is 0.253 e. The summed E-state index contributed by atoms with van der Waals surface area (Å²) < 4.78 is 0. The fourth-order valence-corrected chi connectivity index (χ4v) is 3.47. The van der Waals surface area contributed by atoms with Gasteiger partial charge >= 0.3 is 0 Å². The summed E-state index contributed by atoms with van der Waals surface area (Å²) in [6, 6.07) is 7.36. The minimum atomic E-state index is -0.241. The molecule has 1 aliphatic heterocycles. The van der Waals surface area contributed by atoms with Crippen LogP contribution in [0.1, 0.15) is 28.8 Å². The molecular formula is C17H20N2O2. The molecule has 3 unspecified atom stereocenters. The van der Waals surface area contributed by atoms with E-state index in [1.807, 2.05) is 29.2 Å². The lowest BCUT2D eigenvalue weighted by Gasteiger charge is -2.18. The van der Waals surface area contributed by atoms with E-state index in [0.717, 1.165) is 24.9 Å². The Hall–Kier alpha value is -1.83. The van der Waals surface area contributed by atoms with Crippen molar-refractivity contribution in [3.63, 3.8) is 0 Å². The standard InChI is InChI=1S/C17H20N2O2/c18-8-2-4-12-3-1-5-13(9-12)17(21)19-10-14-6-7-16(20)15(14)11-19/h1,3,5,9,14-16,20H,6-8,10-11,18H2. The van der Waals surface area contributed by atoms with Crippen LogP contribution in [0.2, 0.25) is 0 Å². The van der Waals surface area contributed by atoms with Crippen LogP contribution in [0.3, 0.4) is 0 Å². The lowest BCUT2D eigenvalue weighted by molar-refractivity contribution is 0.0752. The van der Waals surface area contributed by atoms with E-state index in [9.17, 15) is 9.90 Å². The average molecular weight is 284 g/mol. The number of carbonyl (C=O) groups is 1. The molecule has 3 rings (SSSR count). The van der Waals surface area contributed by atoms with Gasteiger partial charge in [0.2, 0.25) is 0 Å². The van der Waals surface area contributed by atoms with Crippen LogP contribution in [-0.2, 0) is 0 Å². The van der Waals surface area contributed by atoms with Gasteiger partial charge in [-0.2, -0.15) is 0 Å². The third kappa shape index (κ3) is 2.80. The van der Waals surface area contributed by atoms with Gasteiger partial charge in [-0.1, -0.05) is 17.9 Å². The lowest BCUT2D eigenvalue weighted by atomic mass is 10.00. The maximum Gasteiger partial charge on any atom is 0.253 e. The summed E-state index contributed by atoms with van der Waals surface area (Å²) in [6.45, 7) is 1.74. The predicted molar refractivity (Wildman–Crippen MR) is 80.5 cm³/mol. The van der Waals surface area contributed by atoms with Crippen molar-refractivity contribution in [2.75, 3.05) is 19.6 Å². The first-order chi connectivity index (χ1) is 10.2. The number of nitrogens with two attached hydrogens (primary N) is 1. The molecule has 1 aromatic carbocycles. The van der Waals surface area contributed by atoms with Crippen LogP contribution in [-0.4, -0.2) is 41.7 Å². The first-order valence-corrected chi connectivity index (χ1v) is 7.45. The van der Waals surface area contributed by atoms with Crippen molar-refractivity contribution in [2.45, 2.75) is 18.9 Å². The Balaban J connectivity index is 1.74. The van der Waals surface area contributed by atoms with Crippen LogP contribution >= 0.6 is 0 Å². The molecule has 3 atom stereocenters. The minimum absolute atomic E-state index is 0.0352. The molecule has 0 aromatic heterocycles. The first-order valence-electron chi connectivity index (χ1n) is 7.45. The molecular weight excluding hydrogens is 264 g/mol. The summed E-state index contributed by atoms with van der Waals surface area (Å²) in [7, 11) is 0. The highest BCUT2D eigenvalue weighted by atomic mass is 16.3. The molecule has 1 aliphatic carbocycles. The summed E-state index contributed by atoms with van der Waals surface area (Å²) in [4.78, 5) is 14.5. The van der Waals surface area contributed by atoms with Crippen molar-refractivity contribution in [3.05, 3.63) is 35.4 Å². The van der Waals surface area contributed by atoms with Gasteiger partial charge in [0.1, 0.15) is 0 Å². The third-order valence-corrected chi connectivity index (χ3v) is 4.55. The zero-order chi connectivity index (χ0) is 14.8. The van der Waals surface area contributed by atoms with E-state index in [2.05, 4.69) is 11.8 Å². The maximum atomic E-state index is 12.6. The first kappa shape index (κ1) is 14.1. The van der Waals surface area contributed by atoms with E-state index in [4.69, 9.17) is 5.73 Å². The van der Waals surface area contributed by atoms with E-state index in [0.29, 0.717) is 24.6 Å². The van der Waals surface area contributed by atoms with Crippen LogP contribution < -0.4 is 5.73 Å². The predicted octanol–water partition coefficient (Wildman–Crippen LogP) is 0.840. The molecule has 1 amide bonds. The van der Waals surface area contributed by atoms with Crippen LogP contribution in [0.5, 0.6) is 0 Å². The molecule has 4 nitrogen and oxygen atoms in total. The third-order valence-electron chi connectivity index (χ3n) is 4.55. The van der Waals surface area contributed by atoms with Gasteiger partial charge in [0.05, 0.1) is 12.6 Å². The molecule has 1 saturated carbocycles. The van der Waals surface area contributed by atoms with Crippen LogP contribution in [0.4, 0.5) is 0 Å². The SMILES string of the molecule is NCC#Cc1cccc(C(=O)N2CC3CCC(O)C3C2)c1. The van der Waals surface area contributed by atoms with Gasteiger partial charge < -0.3 is 15.7 Å². The number of aliphatic hydroxyl groups is 1. The van der Waals surface area contributed by atoms with E-state index >= 15 is 0 Å². The number of hydrogen-bond donors (Lipinski definition) is 2. The monoisotopic (exact) mass is 284 g/mol. The zero-order valence-electron chi connectivity index (χ0n) is 12.0. The summed E-state index contributed by atoms with van der Waals surface area (Å²) >= 11 is 0. The number of benzene rings is 1. The van der Waals surface area contributed by atoms with Crippen molar-refractivity contribution in [3.8, 4) is 11.8 Å². The molecule has 0 bridgehead atoms. The van der Waals surface area contributed by atoms with E-state index in [-0.39, 0.29) is 17.9 Å². The summed E-state index contributed by atoms with van der Waals surface area (Å²) in [6.07, 6.45) is 1.66. The van der Waals surface area contributed by atoms with Crippen LogP contribution in [0, 0.1) is 23.7 Å². The average Bonchev–Trinajstić information content (AvgIpc) is 3.07. The highest BCUT2D eigenvalue weighted by Crippen LogP contribution is 2.38. The summed E-state index contributed by atoms with van der Waals surface area (Å²) in [5.74, 6) is 6.51. The molecule has 2 aliphatic rings. The Labute approximate surface area is 124 Å². The minimum Gasteiger partial charge on any atom is -0.393 e. The number of likely N-dealkylation sites (tertiary alicyclic amines) is 1. The number of aliphatic hydroxyl groups excluding tert-OH is 1. The topological polar surface area (TPSA) is 66.6 Å². The molecule has 1 heterocycles. The fourth-order valence-electron chi connectivity index (χ4n) is 3.47. The molecule has 1 saturated heterocycles. The second-order valence-electron chi connectivity index (χ2n) is 5.87. The number of rotatable bonds is 1. The van der Waals surface area contributed by atoms with Crippen molar-refractivity contribution in [2.24, 2.45) is 17.6 Å². The molecule has 0 radical (unpaired) electrons. The number of fused-ring (bicyclic) bond motifs is 1. The van der Waals surface area contributed by atoms with Gasteiger partial charge in [0.25, 0.3) is 5.91 Å². The van der Waals surface area contributed by atoms with Gasteiger partial charge in [0.15, 0.2) is 0 Å². The Morgan fingerprint density at radius 1 is 1.38 bits per heavy atom. The number of amides is 1. The van der Waals surface area contributed by atoms with Crippen LogP contribution in [0.25, 0.3) is 0 Å². The van der Waals surface area contributed by atoms with E-state index in [1.165, 1.54) is 0 Å².